The molecule has 0 amide bonds. The number of non-ortho nitro benzene ring substituents is 1. The van der Waals surface area contributed by atoms with Crippen LogP contribution < -0.4 is 16.8 Å². The Morgan fingerprint density at radius 3 is 2.71 bits per heavy atom. The van der Waals surface area contributed by atoms with Crippen LogP contribution in [0.1, 0.15) is 25.6 Å². The second kappa shape index (κ2) is 5.70. The Bertz CT molecular complexity index is 652. The number of benzene rings is 1. The SMILES string of the molecule is CC(C)C(Nc1[c]ccc([N+](=O)[O-])c1)c1n[nH]c(N)c1N. The molecular formula is C13H17N6O2. The maximum atomic E-state index is 10.8. The van der Waals surface area contributed by atoms with Gasteiger partial charge in [-0.05, 0) is 12.0 Å². The molecule has 1 aromatic carbocycles. The van der Waals surface area contributed by atoms with E-state index in [1.807, 2.05) is 13.8 Å². The molecule has 1 heterocycles. The number of nitrogens with zero attached hydrogens (tertiary/aromatic N) is 2. The Balaban J connectivity index is 2.31. The number of nitrogen functional groups attached to an aromatic ring is 2. The predicted octanol–water partition coefficient (Wildman–Crippen LogP) is 2.09. The molecule has 1 unspecified atom stereocenters. The fourth-order valence-corrected chi connectivity index (χ4v) is 1.99. The number of rotatable bonds is 5. The number of nitrogens with one attached hydrogen (secondary N) is 2. The van der Waals surface area contributed by atoms with Gasteiger partial charge in [0.15, 0.2) is 0 Å². The van der Waals surface area contributed by atoms with E-state index in [0.29, 0.717) is 22.9 Å². The first-order valence-corrected chi connectivity index (χ1v) is 6.42. The first kappa shape index (κ1) is 14.6. The Morgan fingerprint density at radius 1 is 1.48 bits per heavy atom. The molecule has 0 saturated heterocycles. The summed E-state index contributed by atoms with van der Waals surface area (Å²) in [6.07, 6.45) is 0. The quantitative estimate of drug-likeness (QED) is 0.491. The number of hydrogen-bond acceptors (Lipinski definition) is 6. The molecule has 8 heteroatoms. The number of aromatic amines is 1. The minimum Gasteiger partial charge on any atom is -0.394 e. The van der Waals surface area contributed by atoms with Gasteiger partial charge in [-0.1, -0.05) is 13.8 Å². The van der Waals surface area contributed by atoms with E-state index < -0.39 is 4.92 Å². The highest BCUT2D eigenvalue weighted by molar-refractivity contribution is 5.63. The second-order valence-electron chi connectivity index (χ2n) is 5.02. The molecule has 6 N–H and O–H groups in total. The molecule has 8 nitrogen and oxygen atoms in total. The lowest BCUT2D eigenvalue weighted by molar-refractivity contribution is -0.384. The zero-order chi connectivity index (χ0) is 15.6. The first-order chi connectivity index (χ1) is 9.90. The topological polar surface area (TPSA) is 136 Å². The summed E-state index contributed by atoms with van der Waals surface area (Å²) in [7, 11) is 0. The lowest BCUT2D eigenvalue weighted by Gasteiger charge is -2.22. The van der Waals surface area contributed by atoms with Gasteiger partial charge in [-0.25, -0.2) is 0 Å². The summed E-state index contributed by atoms with van der Waals surface area (Å²) in [5.41, 5.74) is 13.0. The summed E-state index contributed by atoms with van der Waals surface area (Å²) in [6, 6.07) is 6.98. The van der Waals surface area contributed by atoms with Crippen LogP contribution in [0.5, 0.6) is 0 Å². The standard InChI is InChI=1S/C13H17N6O2/c1-7(2)11(12-10(14)13(15)18-17-12)16-8-4-3-5-9(6-8)19(20)21/h3,5-7,11,16H,14H2,1-2H3,(H3,15,17,18). The van der Waals surface area contributed by atoms with Gasteiger partial charge < -0.3 is 16.8 Å². The van der Waals surface area contributed by atoms with E-state index in [4.69, 9.17) is 11.5 Å². The second-order valence-corrected chi connectivity index (χ2v) is 5.02. The van der Waals surface area contributed by atoms with E-state index in [0.717, 1.165) is 0 Å². The molecule has 0 aliphatic heterocycles. The fourth-order valence-electron chi connectivity index (χ4n) is 1.99. The normalized spacial score (nSPS) is 12.3. The summed E-state index contributed by atoms with van der Waals surface area (Å²) in [4.78, 5) is 10.4. The van der Waals surface area contributed by atoms with Gasteiger partial charge in [-0.15, -0.1) is 0 Å². The van der Waals surface area contributed by atoms with E-state index in [-0.39, 0.29) is 17.6 Å². The number of anilines is 3. The van der Waals surface area contributed by atoms with Gasteiger partial charge in [0, 0.05) is 23.9 Å². The largest absolute Gasteiger partial charge is 0.394 e. The van der Waals surface area contributed by atoms with Crippen LogP contribution in [0.3, 0.4) is 0 Å². The highest BCUT2D eigenvalue weighted by Crippen LogP contribution is 2.31. The van der Waals surface area contributed by atoms with Crippen LogP contribution in [0.4, 0.5) is 22.9 Å². The van der Waals surface area contributed by atoms with Crippen molar-refractivity contribution in [2.24, 2.45) is 5.92 Å². The number of H-pyrrole nitrogens is 1. The fraction of sp³-hybridized carbons (Fsp3) is 0.308. The zero-order valence-corrected chi connectivity index (χ0v) is 11.8. The molecule has 0 bridgehead atoms. The van der Waals surface area contributed by atoms with Crippen molar-refractivity contribution < 1.29 is 4.92 Å². The average Bonchev–Trinajstić information content (AvgIpc) is 2.76. The van der Waals surface area contributed by atoms with E-state index in [1.165, 1.54) is 18.2 Å². The molecular weight excluding hydrogens is 272 g/mol. The van der Waals surface area contributed by atoms with Crippen molar-refractivity contribution in [1.82, 2.24) is 10.2 Å². The Kier molecular flexibility index (Phi) is 3.97. The predicted molar refractivity (Wildman–Crippen MR) is 80.5 cm³/mol. The van der Waals surface area contributed by atoms with Crippen LogP contribution in [0.2, 0.25) is 0 Å². The zero-order valence-electron chi connectivity index (χ0n) is 11.8. The molecule has 21 heavy (non-hydrogen) atoms. The van der Waals surface area contributed by atoms with Crippen molar-refractivity contribution >= 4 is 22.9 Å². The maximum Gasteiger partial charge on any atom is 0.271 e. The molecule has 0 aliphatic rings. The monoisotopic (exact) mass is 289 g/mol. The molecule has 2 aromatic rings. The highest BCUT2D eigenvalue weighted by atomic mass is 16.6. The molecule has 0 aliphatic carbocycles. The van der Waals surface area contributed by atoms with Crippen LogP contribution >= 0.6 is 0 Å². The minimum atomic E-state index is -0.454. The lowest BCUT2D eigenvalue weighted by Crippen LogP contribution is -2.18. The van der Waals surface area contributed by atoms with Crippen molar-refractivity contribution in [2.75, 3.05) is 16.8 Å². The van der Waals surface area contributed by atoms with Crippen molar-refractivity contribution in [2.45, 2.75) is 19.9 Å². The summed E-state index contributed by atoms with van der Waals surface area (Å²) in [5, 5.41) is 20.7. The van der Waals surface area contributed by atoms with Gasteiger partial charge in [0.2, 0.25) is 0 Å². The third-order valence-electron chi connectivity index (χ3n) is 3.13. The lowest BCUT2D eigenvalue weighted by atomic mass is 9.99. The van der Waals surface area contributed by atoms with Crippen molar-refractivity contribution in [3.05, 3.63) is 40.1 Å². The molecule has 1 radical (unpaired) electrons. The smallest absolute Gasteiger partial charge is 0.271 e. The van der Waals surface area contributed by atoms with Gasteiger partial charge in [0.1, 0.15) is 11.5 Å². The summed E-state index contributed by atoms with van der Waals surface area (Å²) in [5.74, 6) is 0.447. The number of nitrogens with two attached hydrogens (primary N) is 2. The molecule has 0 saturated carbocycles. The number of nitro benzene ring substituents is 1. The minimum absolute atomic E-state index is 0.00623. The first-order valence-electron chi connectivity index (χ1n) is 6.42. The van der Waals surface area contributed by atoms with Crippen LogP contribution in [0.15, 0.2) is 18.2 Å². The van der Waals surface area contributed by atoms with Crippen LogP contribution in [-0.2, 0) is 0 Å². The van der Waals surface area contributed by atoms with Crippen LogP contribution in [0, 0.1) is 22.1 Å². The van der Waals surface area contributed by atoms with Gasteiger partial charge >= 0.3 is 0 Å². The van der Waals surface area contributed by atoms with Gasteiger partial charge in [-0.3, -0.25) is 15.2 Å². The summed E-state index contributed by atoms with van der Waals surface area (Å²) in [6.45, 7) is 3.97. The Morgan fingerprint density at radius 2 is 2.19 bits per heavy atom. The van der Waals surface area contributed by atoms with E-state index in [2.05, 4.69) is 21.6 Å². The molecule has 0 fully saturated rings. The number of aromatic nitrogens is 2. The molecule has 1 atom stereocenters. The molecule has 1 aromatic heterocycles. The van der Waals surface area contributed by atoms with Gasteiger partial charge in [-0.2, -0.15) is 5.10 Å². The summed E-state index contributed by atoms with van der Waals surface area (Å²) >= 11 is 0. The number of hydrogen-bond donors (Lipinski definition) is 4. The van der Waals surface area contributed by atoms with Gasteiger partial charge in [0.25, 0.3) is 5.69 Å². The van der Waals surface area contributed by atoms with Crippen molar-refractivity contribution in [3.8, 4) is 0 Å². The maximum absolute atomic E-state index is 10.8. The molecule has 111 valence electrons. The third-order valence-corrected chi connectivity index (χ3v) is 3.13. The van der Waals surface area contributed by atoms with Crippen LogP contribution in [0.25, 0.3) is 0 Å². The third kappa shape index (κ3) is 3.04. The Labute approximate surface area is 121 Å². The van der Waals surface area contributed by atoms with E-state index in [1.54, 1.807) is 0 Å². The Hall–Kier alpha value is -2.77. The average molecular weight is 289 g/mol. The molecule has 0 spiro atoms. The van der Waals surface area contributed by atoms with Crippen molar-refractivity contribution in [3.63, 3.8) is 0 Å². The van der Waals surface area contributed by atoms with Crippen LogP contribution in [-0.4, -0.2) is 15.1 Å². The van der Waals surface area contributed by atoms with E-state index >= 15 is 0 Å². The number of nitro groups is 1. The van der Waals surface area contributed by atoms with Crippen molar-refractivity contribution in [1.29, 1.82) is 0 Å². The van der Waals surface area contributed by atoms with Gasteiger partial charge in [0.05, 0.1) is 16.7 Å². The highest BCUT2D eigenvalue weighted by Gasteiger charge is 2.23. The van der Waals surface area contributed by atoms with E-state index in [9.17, 15) is 10.1 Å². The molecule has 2 rings (SSSR count). The summed E-state index contributed by atoms with van der Waals surface area (Å²) < 4.78 is 0.